The highest BCUT2D eigenvalue weighted by Crippen LogP contribution is 2.30. The molecule has 0 spiro atoms. The van der Waals surface area contributed by atoms with Gasteiger partial charge in [-0.05, 0) is 71.5 Å². The van der Waals surface area contributed by atoms with Crippen LogP contribution in [0.25, 0.3) is 10.8 Å². The van der Waals surface area contributed by atoms with Gasteiger partial charge in [0.05, 0.1) is 13.7 Å². The van der Waals surface area contributed by atoms with E-state index < -0.39 is 12.0 Å². The quantitative estimate of drug-likeness (QED) is 0.104. The Morgan fingerprint density at radius 2 is 1.49 bits per heavy atom. The Labute approximate surface area is 275 Å². The van der Waals surface area contributed by atoms with Crippen molar-refractivity contribution < 1.29 is 23.9 Å². The van der Waals surface area contributed by atoms with Gasteiger partial charge in [0.15, 0.2) is 5.78 Å². The van der Waals surface area contributed by atoms with Gasteiger partial charge in [0.25, 0.3) is 5.91 Å². The summed E-state index contributed by atoms with van der Waals surface area (Å²) in [5, 5.41) is 5.41. The van der Waals surface area contributed by atoms with Crippen molar-refractivity contribution >= 4 is 34.1 Å². The number of carbonyl (C=O) groups is 3. The van der Waals surface area contributed by atoms with Crippen molar-refractivity contribution in [2.75, 3.05) is 32.1 Å². The van der Waals surface area contributed by atoms with Crippen molar-refractivity contribution in [2.24, 2.45) is 5.92 Å². The number of anilines is 1. The number of nitrogens with zero attached hydrogens (tertiary/aromatic N) is 1. The molecule has 0 heterocycles. The molecule has 5 aromatic rings. The van der Waals surface area contributed by atoms with Crippen LogP contribution in [-0.2, 0) is 16.0 Å². The van der Waals surface area contributed by atoms with Crippen LogP contribution in [0.3, 0.4) is 0 Å². The molecule has 1 amide bonds. The Morgan fingerprint density at radius 3 is 2.23 bits per heavy atom. The number of nitrogens with one attached hydrogen (secondary N) is 1. The molecule has 1 unspecified atom stereocenters. The highest BCUT2D eigenvalue weighted by molar-refractivity contribution is 6.12. The maximum absolute atomic E-state index is 13.5. The lowest BCUT2D eigenvalue weighted by atomic mass is 10.00. The molecule has 0 aromatic heterocycles. The number of hydrogen-bond donors (Lipinski definition) is 1. The molecule has 6 rings (SSSR count). The van der Waals surface area contributed by atoms with E-state index >= 15 is 0 Å². The third-order valence-corrected chi connectivity index (χ3v) is 8.48. The fourth-order valence-electron chi connectivity index (χ4n) is 5.70. The van der Waals surface area contributed by atoms with Crippen molar-refractivity contribution in [2.45, 2.75) is 25.3 Å². The molecule has 1 saturated carbocycles. The van der Waals surface area contributed by atoms with Gasteiger partial charge >= 0.3 is 5.97 Å². The Bertz CT molecular complexity index is 1850. The number of ketones is 1. The van der Waals surface area contributed by atoms with Crippen molar-refractivity contribution in [3.05, 3.63) is 144 Å². The lowest BCUT2D eigenvalue weighted by Gasteiger charge is -2.23. The van der Waals surface area contributed by atoms with E-state index in [0.29, 0.717) is 53.6 Å². The molecule has 1 N–H and O–H groups in total. The molecule has 7 heteroatoms. The second-order valence-electron chi connectivity index (χ2n) is 11.9. The SMILES string of the molecule is COC(=O)C(Cc1ccc(OCCN(CC2CC2)C(=O)c2ccc3ccccc3c2)cc1)Nc1ccccc1C(=O)c1ccccc1. The zero-order valence-corrected chi connectivity index (χ0v) is 26.4. The number of hydrogen-bond acceptors (Lipinski definition) is 6. The number of ether oxygens (including phenoxy) is 2. The number of benzene rings is 5. The maximum atomic E-state index is 13.5. The second kappa shape index (κ2) is 14.8. The summed E-state index contributed by atoms with van der Waals surface area (Å²) in [7, 11) is 1.35. The monoisotopic (exact) mass is 626 g/mol. The summed E-state index contributed by atoms with van der Waals surface area (Å²) in [5.41, 5.74) is 3.20. The van der Waals surface area contributed by atoms with Crippen molar-refractivity contribution in [1.29, 1.82) is 0 Å². The first-order valence-electron chi connectivity index (χ1n) is 16.0. The van der Waals surface area contributed by atoms with E-state index in [2.05, 4.69) is 5.32 Å². The molecule has 7 nitrogen and oxygen atoms in total. The summed E-state index contributed by atoms with van der Waals surface area (Å²) < 4.78 is 11.2. The van der Waals surface area contributed by atoms with E-state index in [1.54, 1.807) is 30.3 Å². The molecular formula is C40H38N2O5. The number of fused-ring (bicyclic) bond motifs is 1. The molecule has 0 saturated heterocycles. The van der Waals surface area contributed by atoms with Crippen LogP contribution < -0.4 is 10.1 Å². The molecule has 0 bridgehead atoms. The summed E-state index contributed by atoms with van der Waals surface area (Å²) in [6, 6.07) is 37.0. The van der Waals surface area contributed by atoms with E-state index in [-0.39, 0.29) is 11.7 Å². The van der Waals surface area contributed by atoms with E-state index in [0.717, 1.165) is 35.7 Å². The van der Waals surface area contributed by atoms with Gasteiger partial charge in [0.2, 0.25) is 0 Å². The largest absolute Gasteiger partial charge is 0.492 e. The summed E-state index contributed by atoms with van der Waals surface area (Å²) in [6.07, 6.45) is 2.65. The third-order valence-electron chi connectivity index (χ3n) is 8.48. The number of esters is 1. The highest BCUT2D eigenvalue weighted by atomic mass is 16.5. The Balaban J connectivity index is 1.08. The molecule has 1 atom stereocenters. The fourth-order valence-corrected chi connectivity index (χ4v) is 5.70. The van der Waals surface area contributed by atoms with Crippen LogP contribution in [0.15, 0.2) is 121 Å². The molecule has 47 heavy (non-hydrogen) atoms. The number of amides is 1. The first-order valence-corrected chi connectivity index (χ1v) is 16.0. The number of rotatable bonds is 14. The van der Waals surface area contributed by atoms with Gasteiger partial charge in [-0.1, -0.05) is 84.9 Å². The molecule has 0 radical (unpaired) electrons. The predicted octanol–water partition coefficient (Wildman–Crippen LogP) is 7.20. The van der Waals surface area contributed by atoms with Crippen LogP contribution in [0.1, 0.15) is 44.7 Å². The van der Waals surface area contributed by atoms with Gasteiger partial charge in [-0.25, -0.2) is 4.79 Å². The average molecular weight is 627 g/mol. The molecule has 1 aliphatic carbocycles. The van der Waals surface area contributed by atoms with Crippen molar-refractivity contribution in [1.82, 2.24) is 4.90 Å². The minimum atomic E-state index is -0.714. The van der Waals surface area contributed by atoms with Gasteiger partial charge in [-0.3, -0.25) is 9.59 Å². The van der Waals surface area contributed by atoms with E-state index in [4.69, 9.17) is 9.47 Å². The normalized spacial score (nSPS) is 13.0. The van der Waals surface area contributed by atoms with Crippen LogP contribution in [0.4, 0.5) is 5.69 Å². The Kier molecular flexibility index (Phi) is 9.92. The minimum absolute atomic E-state index is 0.0231. The van der Waals surface area contributed by atoms with Gasteiger partial charge in [0.1, 0.15) is 18.4 Å². The molecule has 5 aromatic carbocycles. The van der Waals surface area contributed by atoms with Gasteiger partial charge in [-0.2, -0.15) is 0 Å². The van der Waals surface area contributed by atoms with Gasteiger partial charge in [0, 0.05) is 35.3 Å². The van der Waals surface area contributed by atoms with E-state index in [1.165, 1.54) is 7.11 Å². The Hall–Kier alpha value is -5.43. The van der Waals surface area contributed by atoms with Crippen LogP contribution in [0.5, 0.6) is 5.75 Å². The highest BCUT2D eigenvalue weighted by Gasteiger charge is 2.27. The second-order valence-corrected chi connectivity index (χ2v) is 11.9. The van der Waals surface area contributed by atoms with Crippen LogP contribution in [0, 0.1) is 5.92 Å². The average Bonchev–Trinajstić information content (AvgIpc) is 3.95. The Morgan fingerprint density at radius 1 is 0.787 bits per heavy atom. The molecule has 1 aliphatic rings. The summed E-state index contributed by atoms with van der Waals surface area (Å²) in [6.45, 7) is 1.58. The van der Waals surface area contributed by atoms with Crippen LogP contribution >= 0.6 is 0 Å². The van der Waals surface area contributed by atoms with Crippen molar-refractivity contribution in [3.63, 3.8) is 0 Å². The lowest BCUT2D eigenvalue weighted by molar-refractivity contribution is -0.141. The standard InChI is InChI=1S/C40H38N2O5/c1-46-40(45)37(41-36-14-8-7-13-35(36)38(43)31-10-3-2-4-11-31)25-28-17-21-34(22-18-28)47-24-23-42(27-29-15-16-29)39(44)33-20-19-30-9-5-6-12-32(30)26-33/h2-14,17-22,26,29,37,41H,15-16,23-25,27H2,1H3. The molecule has 238 valence electrons. The van der Waals surface area contributed by atoms with Crippen LogP contribution in [-0.4, -0.2) is 55.4 Å². The molecule has 0 aliphatic heterocycles. The first-order chi connectivity index (χ1) is 23.0. The van der Waals surface area contributed by atoms with Gasteiger partial charge < -0.3 is 19.7 Å². The molecule has 1 fully saturated rings. The first kappa shape index (κ1) is 31.5. The zero-order chi connectivity index (χ0) is 32.6. The number of carbonyl (C=O) groups excluding carboxylic acids is 3. The number of para-hydroxylation sites is 1. The predicted molar refractivity (Wildman–Crippen MR) is 184 cm³/mol. The third kappa shape index (κ3) is 8.05. The van der Waals surface area contributed by atoms with Crippen LogP contribution in [0.2, 0.25) is 0 Å². The summed E-state index contributed by atoms with van der Waals surface area (Å²) in [5.74, 6) is 0.695. The topological polar surface area (TPSA) is 84.9 Å². The minimum Gasteiger partial charge on any atom is -0.492 e. The summed E-state index contributed by atoms with van der Waals surface area (Å²) in [4.78, 5) is 41.4. The maximum Gasteiger partial charge on any atom is 0.328 e. The smallest absolute Gasteiger partial charge is 0.328 e. The summed E-state index contributed by atoms with van der Waals surface area (Å²) >= 11 is 0. The lowest BCUT2D eigenvalue weighted by Crippen LogP contribution is -2.36. The van der Waals surface area contributed by atoms with E-state index in [9.17, 15) is 14.4 Å². The van der Waals surface area contributed by atoms with E-state index in [1.807, 2.05) is 95.9 Å². The zero-order valence-electron chi connectivity index (χ0n) is 26.4. The number of methoxy groups -OCH3 is 1. The van der Waals surface area contributed by atoms with Crippen molar-refractivity contribution in [3.8, 4) is 5.75 Å². The molecular weight excluding hydrogens is 588 g/mol. The van der Waals surface area contributed by atoms with Gasteiger partial charge in [-0.15, -0.1) is 0 Å². The fraction of sp³-hybridized carbons (Fsp3) is 0.225.